The number of hydrogen-bond donors (Lipinski definition) is 0. The van der Waals surface area contributed by atoms with Gasteiger partial charge >= 0.3 is 0 Å². The number of rotatable bonds is 2. The molecule has 0 atom stereocenters. The molecule has 230 valence electrons. The molecular formula is C46H35NO. The van der Waals surface area contributed by atoms with Crippen molar-refractivity contribution in [2.24, 2.45) is 23.7 Å². The number of nitrogens with zero attached hydrogens (tertiary/aromatic N) is 1. The summed E-state index contributed by atoms with van der Waals surface area (Å²) in [5, 5.41) is 4.95. The first-order valence-electron chi connectivity index (χ1n) is 17.9. The maximum atomic E-state index is 6.17. The van der Waals surface area contributed by atoms with Gasteiger partial charge in [-0.3, -0.25) is 0 Å². The number of furan rings is 1. The Morgan fingerprint density at radius 3 is 2.02 bits per heavy atom. The predicted octanol–water partition coefficient (Wildman–Crippen LogP) is 12.1. The van der Waals surface area contributed by atoms with Crippen molar-refractivity contribution in [3.8, 4) is 27.9 Å². The second-order valence-corrected chi connectivity index (χ2v) is 15.3. The molecule has 5 aliphatic rings. The van der Waals surface area contributed by atoms with Crippen molar-refractivity contribution in [1.82, 2.24) is 4.57 Å². The quantitative estimate of drug-likeness (QED) is 0.189. The topological polar surface area (TPSA) is 18.1 Å². The molecule has 0 radical (unpaired) electrons. The van der Waals surface area contributed by atoms with Crippen molar-refractivity contribution >= 4 is 43.7 Å². The zero-order chi connectivity index (χ0) is 31.1. The lowest BCUT2D eigenvalue weighted by molar-refractivity contribution is -0.0399. The molecule has 4 bridgehead atoms. The average Bonchev–Trinajstić information content (AvgIpc) is 3.76. The van der Waals surface area contributed by atoms with Crippen molar-refractivity contribution in [1.29, 1.82) is 0 Å². The van der Waals surface area contributed by atoms with Gasteiger partial charge in [0.25, 0.3) is 0 Å². The third kappa shape index (κ3) is 3.19. The lowest BCUT2D eigenvalue weighted by atomic mass is 9.43. The molecule has 0 N–H and O–H groups in total. The zero-order valence-corrected chi connectivity index (χ0v) is 26.8. The number of benzene rings is 6. The van der Waals surface area contributed by atoms with E-state index in [1.54, 1.807) is 11.1 Å². The Hall–Kier alpha value is -5.08. The molecule has 2 heterocycles. The summed E-state index contributed by atoms with van der Waals surface area (Å²) in [6.07, 6.45) is 7.09. The Morgan fingerprint density at radius 1 is 0.479 bits per heavy atom. The summed E-state index contributed by atoms with van der Waals surface area (Å²) in [5.41, 5.74) is 14.5. The lowest BCUT2D eigenvalue weighted by Crippen LogP contribution is -2.55. The van der Waals surface area contributed by atoms with Crippen molar-refractivity contribution in [2.75, 3.05) is 0 Å². The first-order valence-corrected chi connectivity index (χ1v) is 17.9. The monoisotopic (exact) mass is 617 g/mol. The molecule has 48 heavy (non-hydrogen) atoms. The van der Waals surface area contributed by atoms with E-state index < -0.39 is 0 Å². The summed E-state index contributed by atoms with van der Waals surface area (Å²) in [6.45, 7) is 0. The van der Waals surface area contributed by atoms with E-state index in [2.05, 4.69) is 126 Å². The van der Waals surface area contributed by atoms with E-state index in [0.717, 1.165) is 34.8 Å². The van der Waals surface area contributed by atoms with Crippen LogP contribution in [0.15, 0.2) is 132 Å². The maximum absolute atomic E-state index is 6.17. The highest BCUT2D eigenvalue weighted by Crippen LogP contribution is 2.69. The summed E-state index contributed by atoms with van der Waals surface area (Å²) < 4.78 is 8.72. The molecule has 2 heteroatoms. The highest BCUT2D eigenvalue weighted by Gasteiger charge is 2.61. The molecule has 6 aromatic carbocycles. The van der Waals surface area contributed by atoms with Crippen molar-refractivity contribution in [3.05, 3.63) is 139 Å². The molecule has 8 aromatic rings. The fraction of sp³-hybridized carbons (Fsp3) is 0.217. The number of aromatic nitrogens is 1. The molecule has 2 aromatic heterocycles. The zero-order valence-electron chi connectivity index (χ0n) is 26.8. The largest absolute Gasteiger partial charge is 0.456 e. The van der Waals surface area contributed by atoms with E-state index in [4.69, 9.17) is 4.42 Å². The second-order valence-electron chi connectivity index (χ2n) is 15.3. The Kier molecular flexibility index (Phi) is 4.91. The van der Waals surface area contributed by atoms with Gasteiger partial charge in [-0.15, -0.1) is 0 Å². The first kappa shape index (κ1) is 25.9. The van der Waals surface area contributed by atoms with Gasteiger partial charge in [0.2, 0.25) is 0 Å². The standard InChI is InChI=1S/C46H35NO/c1-4-10-40-34(7-1)35-17-15-33(26-41(35)46(40)31-20-27-19-28(22-31)23-32(46)21-27)47-42-11-5-2-8-36(42)37-16-13-30(25-43(37)47)29-14-18-45-39(24-29)38-9-3-6-12-44(38)48-45/h1-18,24-28,31-32H,19-23H2. The molecule has 4 saturated carbocycles. The molecule has 0 unspecified atom stereocenters. The van der Waals surface area contributed by atoms with Crippen LogP contribution >= 0.6 is 0 Å². The van der Waals surface area contributed by atoms with E-state index in [-0.39, 0.29) is 5.41 Å². The van der Waals surface area contributed by atoms with Crippen LogP contribution in [0.4, 0.5) is 0 Å². The summed E-state index contributed by atoms with van der Waals surface area (Å²) in [5.74, 6) is 3.38. The third-order valence-electron chi connectivity index (χ3n) is 13.2. The molecule has 13 rings (SSSR count). The maximum Gasteiger partial charge on any atom is 0.135 e. The van der Waals surface area contributed by atoms with Crippen LogP contribution in [0.3, 0.4) is 0 Å². The van der Waals surface area contributed by atoms with Gasteiger partial charge in [-0.05, 0) is 132 Å². The van der Waals surface area contributed by atoms with Gasteiger partial charge in [-0.1, -0.05) is 84.9 Å². The molecule has 0 aliphatic heterocycles. The van der Waals surface area contributed by atoms with Crippen molar-refractivity contribution in [3.63, 3.8) is 0 Å². The van der Waals surface area contributed by atoms with Gasteiger partial charge in [-0.2, -0.15) is 0 Å². The van der Waals surface area contributed by atoms with Crippen LogP contribution in [-0.4, -0.2) is 4.57 Å². The first-order chi connectivity index (χ1) is 23.7. The van der Waals surface area contributed by atoms with E-state index in [9.17, 15) is 0 Å². The minimum Gasteiger partial charge on any atom is -0.456 e. The Bertz CT molecular complexity index is 2620. The van der Waals surface area contributed by atoms with Gasteiger partial charge in [-0.25, -0.2) is 0 Å². The summed E-state index contributed by atoms with van der Waals surface area (Å²) in [4.78, 5) is 0. The van der Waals surface area contributed by atoms with Crippen LogP contribution < -0.4 is 0 Å². The van der Waals surface area contributed by atoms with Crippen LogP contribution in [0.5, 0.6) is 0 Å². The SMILES string of the molecule is c1ccc2c(c1)-c1ccc(-n3c4ccccc4c4ccc(-c5ccc6oc7ccccc7c6c5)cc43)cc1C21C2CC3CC(C2)CC1C3. The minimum absolute atomic E-state index is 0.155. The fourth-order valence-corrected chi connectivity index (χ4v) is 11.6. The highest BCUT2D eigenvalue weighted by atomic mass is 16.3. The van der Waals surface area contributed by atoms with E-state index in [0.29, 0.717) is 0 Å². The second kappa shape index (κ2) is 9.08. The van der Waals surface area contributed by atoms with Gasteiger partial charge in [0.05, 0.1) is 11.0 Å². The summed E-state index contributed by atoms with van der Waals surface area (Å²) in [6, 6.07) is 48.0. The van der Waals surface area contributed by atoms with Gasteiger partial charge in [0.1, 0.15) is 11.2 Å². The molecule has 0 amide bonds. The fourth-order valence-electron chi connectivity index (χ4n) is 11.6. The molecule has 1 spiro atoms. The van der Waals surface area contributed by atoms with Gasteiger partial charge in [0, 0.05) is 32.6 Å². The lowest BCUT2D eigenvalue weighted by Gasteiger charge is -2.61. The molecular weight excluding hydrogens is 583 g/mol. The highest BCUT2D eigenvalue weighted by molar-refractivity contribution is 6.11. The third-order valence-corrected chi connectivity index (χ3v) is 13.2. The molecule has 0 saturated heterocycles. The Morgan fingerprint density at radius 2 is 1.15 bits per heavy atom. The Labute approximate surface area is 279 Å². The predicted molar refractivity (Wildman–Crippen MR) is 197 cm³/mol. The van der Waals surface area contributed by atoms with Crippen LogP contribution in [0.25, 0.3) is 71.7 Å². The Balaban J connectivity index is 1.09. The smallest absolute Gasteiger partial charge is 0.135 e. The summed E-state index contributed by atoms with van der Waals surface area (Å²) >= 11 is 0. The number of para-hydroxylation sites is 2. The summed E-state index contributed by atoms with van der Waals surface area (Å²) in [7, 11) is 0. The number of fused-ring (bicyclic) bond motifs is 9. The van der Waals surface area contributed by atoms with Crippen LogP contribution in [0, 0.1) is 23.7 Å². The van der Waals surface area contributed by atoms with Crippen LogP contribution in [0.2, 0.25) is 0 Å². The molecule has 4 fully saturated rings. The van der Waals surface area contributed by atoms with E-state index >= 15 is 0 Å². The van der Waals surface area contributed by atoms with Gasteiger partial charge < -0.3 is 8.98 Å². The van der Waals surface area contributed by atoms with Crippen molar-refractivity contribution < 1.29 is 4.42 Å². The minimum atomic E-state index is 0.155. The normalized spacial score (nSPS) is 25.2. The average molecular weight is 618 g/mol. The van der Waals surface area contributed by atoms with E-state index in [1.165, 1.54) is 92.6 Å². The van der Waals surface area contributed by atoms with Gasteiger partial charge in [0.15, 0.2) is 0 Å². The number of hydrogen-bond acceptors (Lipinski definition) is 1. The van der Waals surface area contributed by atoms with Crippen LogP contribution in [0.1, 0.15) is 43.2 Å². The van der Waals surface area contributed by atoms with Crippen molar-refractivity contribution in [2.45, 2.75) is 37.5 Å². The van der Waals surface area contributed by atoms with E-state index in [1.807, 2.05) is 6.07 Å². The molecule has 5 aliphatic carbocycles. The molecule has 2 nitrogen and oxygen atoms in total. The van der Waals surface area contributed by atoms with Crippen LogP contribution in [-0.2, 0) is 5.41 Å².